The van der Waals surface area contributed by atoms with Gasteiger partial charge in [0, 0.05) is 19.1 Å². The van der Waals surface area contributed by atoms with Gasteiger partial charge in [0.2, 0.25) is 5.91 Å². The number of rotatable bonds is 4. The van der Waals surface area contributed by atoms with E-state index in [1.54, 1.807) is 0 Å². The minimum absolute atomic E-state index is 0.0889. The maximum absolute atomic E-state index is 12.4. The third-order valence-electron chi connectivity index (χ3n) is 4.12. The van der Waals surface area contributed by atoms with E-state index >= 15 is 0 Å². The first-order valence-corrected chi connectivity index (χ1v) is 7.32. The van der Waals surface area contributed by atoms with Gasteiger partial charge in [0.1, 0.15) is 0 Å². The van der Waals surface area contributed by atoms with E-state index in [2.05, 4.69) is 19.0 Å². The van der Waals surface area contributed by atoms with E-state index in [-0.39, 0.29) is 5.91 Å². The molecule has 4 heteroatoms. The van der Waals surface area contributed by atoms with Crippen molar-refractivity contribution >= 4 is 5.91 Å². The number of carbonyl (C=O) groups is 1. The van der Waals surface area contributed by atoms with E-state index in [4.69, 9.17) is 5.73 Å². The monoisotopic (exact) mass is 275 g/mol. The summed E-state index contributed by atoms with van der Waals surface area (Å²) < 4.78 is 0. The minimum atomic E-state index is -0.423. The van der Waals surface area contributed by atoms with Gasteiger partial charge in [-0.05, 0) is 38.9 Å². The van der Waals surface area contributed by atoms with Gasteiger partial charge >= 0.3 is 0 Å². The zero-order valence-corrected chi connectivity index (χ0v) is 12.5. The summed E-state index contributed by atoms with van der Waals surface area (Å²) in [6, 6.07) is 10.1. The molecule has 1 atom stereocenters. The molecule has 1 amide bonds. The summed E-state index contributed by atoms with van der Waals surface area (Å²) >= 11 is 0. The highest BCUT2D eigenvalue weighted by molar-refractivity contribution is 5.82. The van der Waals surface area contributed by atoms with Crippen LogP contribution in [-0.2, 0) is 11.2 Å². The van der Waals surface area contributed by atoms with E-state index in [0.717, 1.165) is 31.5 Å². The topological polar surface area (TPSA) is 49.6 Å². The summed E-state index contributed by atoms with van der Waals surface area (Å²) in [7, 11) is 4.20. The van der Waals surface area contributed by atoms with Crippen LogP contribution in [0.1, 0.15) is 18.4 Å². The van der Waals surface area contributed by atoms with Gasteiger partial charge in [0.15, 0.2) is 0 Å². The van der Waals surface area contributed by atoms with Gasteiger partial charge in [0.25, 0.3) is 0 Å². The van der Waals surface area contributed by atoms with Gasteiger partial charge in [0.05, 0.1) is 6.04 Å². The van der Waals surface area contributed by atoms with Crippen LogP contribution in [0.25, 0.3) is 0 Å². The molecule has 1 aromatic rings. The number of likely N-dealkylation sites (tertiary alicyclic amines) is 1. The summed E-state index contributed by atoms with van der Waals surface area (Å²) in [4.78, 5) is 16.5. The summed E-state index contributed by atoms with van der Waals surface area (Å²) in [6.07, 6.45) is 2.70. The lowest BCUT2D eigenvalue weighted by Gasteiger charge is -2.36. The molecule has 0 bridgehead atoms. The molecule has 1 aliphatic heterocycles. The Balaban J connectivity index is 1.85. The second-order valence-corrected chi connectivity index (χ2v) is 5.82. The van der Waals surface area contributed by atoms with Crippen LogP contribution in [0.15, 0.2) is 30.3 Å². The van der Waals surface area contributed by atoms with Crippen LogP contribution in [0, 0.1) is 0 Å². The van der Waals surface area contributed by atoms with Crippen molar-refractivity contribution in [3.8, 4) is 0 Å². The van der Waals surface area contributed by atoms with Gasteiger partial charge in [-0.3, -0.25) is 4.79 Å². The largest absolute Gasteiger partial charge is 0.341 e. The molecule has 1 aliphatic rings. The minimum Gasteiger partial charge on any atom is -0.341 e. The summed E-state index contributed by atoms with van der Waals surface area (Å²) in [5, 5.41) is 0. The Morgan fingerprint density at radius 3 is 2.45 bits per heavy atom. The number of amides is 1. The van der Waals surface area contributed by atoms with E-state index in [1.165, 1.54) is 0 Å². The number of carbonyl (C=O) groups excluding carboxylic acids is 1. The number of nitrogens with two attached hydrogens (primary N) is 1. The van der Waals surface area contributed by atoms with Gasteiger partial charge < -0.3 is 15.5 Å². The van der Waals surface area contributed by atoms with Crippen LogP contribution >= 0.6 is 0 Å². The van der Waals surface area contributed by atoms with Crippen molar-refractivity contribution < 1.29 is 4.79 Å². The Morgan fingerprint density at radius 1 is 1.30 bits per heavy atom. The number of benzene rings is 1. The van der Waals surface area contributed by atoms with Gasteiger partial charge in [-0.2, -0.15) is 0 Å². The highest BCUT2D eigenvalue weighted by atomic mass is 16.2. The Morgan fingerprint density at radius 2 is 1.90 bits per heavy atom. The van der Waals surface area contributed by atoms with Crippen LogP contribution in [0.4, 0.5) is 0 Å². The maximum atomic E-state index is 12.4. The fraction of sp³-hybridized carbons (Fsp3) is 0.562. The lowest BCUT2D eigenvalue weighted by Crippen LogP contribution is -2.50. The van der Waals surface area contributed by atoms with Crippen molar-refractivity contribution in [1.82, 2.24) is 9.80 Å². The highest BCUT2D eigenvalue weighted by Gasteiger charge is 2.26. The standard InChI is InChI=1S/C16H25N3O/c1-18(2)14-8-10-19(11-9-14)16(20)15(17)12-13-6-4-3-5-7-13/h3-7,14-15H,8-12,17H2,1-2H3. The molecule has 4 nitrogen and oxygen atoms in total. The molecule has 1 fully saturated rings. The molecule has 1 heterocycles. The third-order valence-corrected chi connectivity index (χ3v) is 4.12. The SMILES string of the molecule is CN(C)C1CCN(C(=O)C(N)Cc2ccccc2)CC1. The van der Waals surface area contributed by atoms with Gasteiger partial charge in [-0.1, -0.05) is 30.3 Å². The Bertz CT molecular complexity index is 425. The van der Waals surface area contributed by atoms with Crippen LogP contribution in [-0.4, -0.2) is 55.0 Å². The molecule has 0 saturated carbocycles. The molecule has 2 N–H and O–H groups in total. The molecule has 0 aromatic heterocycles. The van der Waals surface area contributed by atoms with E-state index in [0.29, 0.717) is 12.5 Å². The zero-order valence-electron chi connectivity index (χ0n) is 12.5. The first kappa shape index (κ1) is 15.0. The fourth-order valence-corrected chi connectivity index (χ4v) is 2.79. The summed E-state index contributed by atoms with van der Waals surface area (Å²) in [5.74, 6) is 0.0889. The predicted molar refractivity (Wildman–Crippen MR) is 81.4 cm³/mol. The molecule has 0 spiro atoms. The van der Waals surface area contributed by atoms with E-state index < -0.39 is 6.04 Å². The van der Waals surface area contributed by atoms with Crippen LogP contribution < -0.4 is 5.73 Å². The quantitative estimate of drug-likeness (QED) is 0.895. The van der Waals surface area contributed by atoms with Crippen LogP contribution in [0.2, 0.25) is 0 Å². The maximum Gasteiger partial charge on any atom is 0.239 e. The van der Waals surface area contributed by atoms with Gasteiger partial charge in [-0.15, -0.1) is 0 Å². The van der Waals surface area contributed by atoms with Crippen molar-refractivity contribution in [3.63, 3.8) is 0 Å². The highest BCUT2D eigenvalue weighted by Crippen LogP contribution is 2.15. The molecule has 1 aromatic carbocycles. The Hall–Kier alpha value is -1.39. The number of hydrogen-bond donors (Lipinski definition) is 1. The lowest BCUT2D eigenvalue weighted by atomic mass is 10.0. The third kappa shape index (κ3) is 3.81. The molecular formula is C16H25N3O. The molecule has 0 aliphatic carbocycles. The average molecular weight is 275 g/mol. The predicted octanol–water partition coefficient (Wildman–Crippen LogP) is 1.11. The molecule has 2 rings (SSSR count). The zero-order chi connectivity index (χ0) is 14.5. The molecule has 0 radical (unpaired) electrons. The lowest BCUT2D eigenvalue weighted by molar-refractivity contribution is -0.134. The smallest absolute Gasteiger partial charge is 0.239 e. The van der Waals surface area contributed by atoms with Gasteiger partial charge in [-0.25, -0.2) is 0 Å². The molecule has 110 valence electrons. The first-order valence-electron chi connectivity index (χ1n) is 7.32. The summed E-state index contributed by atoms with van der Waals surface area (Å²) in [5.41, 5.74) is 7.19. The number of nitrogens with zero attached hydrogens (tertiary/aromatic N) is 2. The second kappa shape index (κ2) is 6.86. The van der Waals surface area contributed by atoms with Crippen LogP contribution in [0.3, 0.4) is 0 Å². The average Bonchev–Trinajstić information content (AvgIpc) is 2.47. The van der Waals surface area contributed by atoms with E-state index in [1.807, 2.05) is 35.2 Å². The van der Waals surface area contributed by atoms with Crippen molar-refractivity contribution in [1.29, 1.82) is 0 Å². The first-order chi connectivity index (χ1) is 9.58. The molecule has 1 saturated heterocycles. The molecule has 20 heavy (non-hydrogen) atoms. The van der Waals surface area contributed by atoms with Crippen molar-refractivity contribution in [3.05, 3.63) is 35.9 Å². The second-order valence-electron chi connectivity index (χ2n) is 5.82. The molecule has 1 unspecified atom stereocenters. The van der Waals surface area contributed by atoms with E-state index in [9.17, 15) is 4.79 Å². The number of piperidine rings is 1. The molecular weight excluding hydrogens is 250 g/mol. The van der Waals surface area contributed by atoms with Crippen molar-refractivity contribution in [2.24, 2.45) is 5.73 Å². The Kier molecular flexibility index (Phi) is 5.15. The van der Waals surface area contributed by atoms with Crippen molar-refractivity contribution in [2.45, 2.75) is 31.3 Å². The Labute approximate surface area is 121 Å². The normalized spacial score (nSPS) is 18.3. The van der Waals surface area contributed by atoms with Crippen molar-refractivity contribution in [2.75, 3.05) is 27.2 Å². The fourth-order valence-electron chi connectivity index (χ4n) is 2.79. The van der Waals surface area contributed by atoms with Crippen LogP contribution in [0.5, 0.6) is 0 Å². The summed E-state index contributed by atoms with van der Waals surface area (Å²) in [6.45, 7) is 1.65. The number of hydrogen-bond acceptors (Lipinski definition) is 3.